The number of nitrogens with zero attached hydrogens (tertiary/aromatic N) is 1. The van der Waals surface area contributed by atoms with Gasteiger partial charge in [-0.2, -0.15) is 0 Å². The van der Waals surface area contributed by atoms with Gasteiger partial charge < -0.3 is 19.5 Å². The van der Waals surface area contributed by atoms with Gasteiger partial charge in [-0.1, -0.05) is 0 Å². The molecule has 0 bridgehead atoms. The highest BCUT2D eigenvalue weighted by Crippen LogP contribution is 2.32. The molecule has 0 radical (unpaired) electrons. The van der Waals surface area contributed by atoms with E-state index in [9.17, 15) is 18.0 Å². The van der Waals surface area contributed by atoms with Crippen LogP contribution in [-0.4, -0.2) is 55.2 Å². The minimum atomic E-state index is -4.74. The number of piperidine rings is 1. The quantitative estimate of drug-likeness (QED) is 0.635. The lowest BCUT2D eigenvalue weighted by Gasteiger charge is -2.33. The number of nitrogens with one attached hydrogen (secondary N) is 1. The van der Waals surface area contributed by atoms with E-state index in [-0.39, 0.29) is 11.8 Å². The summed E-state index contributed by atoms with van der Waals surface area (Å²) in [6.07, 6.45) is -3.35. The highest BCUT2D eigenvalue weighted by molar-refractivity contribution is 9.10. The lowest BCUT2D eigenvalue weighted by atomic mass is 10.1. The van der Waals surface area contributed by atoms with Gasteiger partial charge in [0.25, 0.3) is 0 Å². The number of amides is 1. The summed E-state index contributed by atoms with van der Waals surface area (Å²) in [5.41, 5.74) is -0.541. The van der Waals surface area contributed by atoms with Crippen molar-refractivity contribution in [1.82, 2.24) is 10.2 Å². The minimum Gasteiger partial charge on any atom is -0.491 e. The summed E-state index contributed by atoms with van der Waals surface area (Å²) in [5, 5.41) is 2.89. The fraction of sp³-hybridized carbons (Fsp3) is 0.632. The maximum Gasteiger partial charge on any atom is 0.573 e. The van der Waals surface area contributed by atoms with E-state index in [2.05, 4.69) is 30.9 Å². The molecule has 29 heavy (non-hydrogen) atoms. The number of halogens is 4. The number of carbonyl (C=O) groups is 1. The Morgan fingerprint density at radius 1 is 1.31 bits per heavy atom. The van der Waals surface area contributed by atoms with Crippen molar-refractivity contribution >= 4 is 22.0 Å². The van der Waals surface area contributed by atoms with Crippen LogP contribution in [0.1, 0.15) is 33.6 Å². The predicted octanol–water partition coefficient (Wildman–Crippen LogP) is 4.72. The van der Waals surface area contributed by atoms with Gasteiger partial charge in [-0.25, -0.2) is 4.79 Å². The second-order valence-electron chi connectivity index (χ2n) is 7.77. The predicted molar refractivity (Wildman–Crippen MR) is 105 cm³/mol. The zero-order valence-corrected chi connectivity index (χ0v) is 18.2. The summed E-state index contributed by atoms with van der Waals surface area (Å²) in [6.45, 7) is 8.00. The van der Waals surface area contributed by atoms with E-state index in [4.69, 9.17) is 9.47 Å². The van der Waals surface area contributed by atoms with Crippen molar-refractivity contribution in [1.29, 1.82) is 0 Å². The Bertz CT molecular complexity index is 695. The van der Waals surface area contributed by atoms with E-state index < -0.39 is 18.1 Å². The van der Waals surface area contributed by atoms with Crippen molar-refractivity contribution in [3.8, 4) is 11.5 Å². The number of carbonyl (C=O) groups excluding carboxylic acids is 1. The van der Waals surface area contributed by atoms with Crippen LogP contribution in [0, 0.1) is 0 Å². The van der Waals surface area contributed by atoms with Crippen LogP contribution in [0.15, 0.2) is 22.7 Å². The first-order chi connectivity index (χ1) is 13.4. The molecule has 1 amide bonds. The summed E-state index contributed by atoms with van der Waals surface area (Å²) in [5.74, 6) is 0.115. The summed E-state index contributed by atoms with van der Waals surface area (Å²) >= 11 is 3.19. The minimum absolute atomic E-state index is 0.00383. The highest BCUT2D eigenvalue weighted by atomic mass is 79.9. The Labute approximate surface area is 176 Å². The number of hydrogen-bond acceptors (Lipinski definition) is 5. The molecule has 10 heteroatoms. The molecule has 1 aliphatic heterocycles. The Balaban J connectivity index is 1.78. The Morgan fingerprint density at radius 2 is 2.03 bits per heavy atom. The molecular formula is C19H26BrF3N2O4. The van der Waals surface area contributed by atoms with Crippen LogP contribution in [0.2, 0.25) is 0 Å². The Morgan fingerprint density at radius 3 is 2.66 bits per heavy atom. The van der Waals surface area contributed by atoms with E-state index in [1.807, 2.05) is 20.8 Å². The van der Waals surface area contributed by atoms with Crippen LogP contribution < -0.4 is 14.8 Å². The molecule has 1 aliphatic rings. The van der Waals surface area contributed by atoms with Gasteiger partial charge in [0.15, 0.2) is 0 Å². The van der Waals surface area contributed by atoms with Crippen LogP contribution in [0.25, 0.3) is 0 Å². The number of alkyl carbamates (subject to hydrolysis) is 1. The lowest BCUT2D eigenvalue weighted by Crippen LogP contribution is -2.49. The van der Waals surface area contributed by atoms with Crippen molar-refractivity contribution in [3.63, 3.8) is 0 Å². The summed E-state index contributed by atoms with van der Waals surface area (Å²) in [7, 11) is 0. The van der Waals surface area contributed by atoms with Gasteiger partial charge in [-0.15, -0.1) is 13.2 Å². The van der Waals surface area contributed by atoms with Crippen LogP contribution in [-0.2, 0) is 4.74 Å². The zero-order valence-electron chi connectivity index (χ0n) is 16.6. The fourth-order valence-electron chi connectivity index (χ4n) is 2.93. The molecule has 2 rings (SSSR count). The molecule has 0 aliphatic carbocycles. The smallest absolute Gasteiger partial charge is 0.491 e. The van der Waals surface area contributed by atoms with E-state index in [0.717, 1.165) is 19.4 Å². The first-order valence-corrected chi connectivity index (χ1v) is 10.1. The summed E-state index contributed by atoms with van der Waals surface area (Å²) in [6, 6.07) is 3.85. The molecule has 1 fully saturated rings. The third-order valence-electron chi connectivity index (χ3n) is 4.03. The number of benzene rings is 1. The maximum atomic E-state index is 12.3. The molecule has 1 heterocycles. The number of alkyl halides is 3. The van der Waals surface area contributed by atoms with Crippen molar-refractivity contribution in [2.24, 2.45) is 0 Å². The van der Waals surface area contributed by atoms with Gasteiger partial charge >= 0.3 is 12.5 Å². The van der Waals surface area contributed by atoms with Crippen molar-refractivity contribution in [2.45, 2.75) is 51.6 Å². The molecule has 1 aromatic rings. The monoisotopic (exact) mass is 482 g/mol. The molecule has 0 spiro atoms. The maximum absolute atomic E-state index is 12.3. The van der Waals surface area contributed by atoms with Crippen LogP contribution in [0.3, 0.4) is 0 Å². The highest BCUT2D eigenvalue weighted by Gasteiger charge is 2.31. The molecular weight excluding hydrogens is 457 g/mol. The van der Waals surface area contributed by atoms with E-state index in [1.165, 1.54) is 18.2 Å². The third-order valence-corrected chi connectivity index (χ3v) is 4.65. The van der Waals surface area contributed by atoms with Gasteiger partial charge in [0.05, 0.1) is 4.47 Å². The number of ether oxygens (including phenoxy) is 3. The van der Waals surface area contributed by atoms with Crippen LogP contribution in [0.5, 0.6) is 11.5 Å². The van der Waals surface area contributed by atoms with E-state index in [0.29, 0.717) is 29.9 Å². The second kappa shape index (κ2) is 9.88. The molecule has 0 unspecified atom stereocenters. The molecule has 0 aromatic heterocycles. The largest absolute Gasteiger partial charge is 0.573 e. The summed E-state index contributed by atoms with van der Waals surface area (Å²) < 4.78 is 52.0. The molecule has 1 atom stereocenters. The average Bonchev–Trinajstić information content (AvgIpc) is 2.54. The topological polar surface area (TPSA) is 60.0 Å². The van der Waals surface area contributed by atoms with Gasteiger partial charge in [0.2, 0.25) is 0 Å². The Hall–Kier alpha value is -1.68. The van der Waals surface area contributed by atoms with Crippen LogP contribution >= 0.6 is 15.9 Å². The summed E-state index contributed by atoms with van der Waals surface area (Å²) in [4.78, 5) is 14.1. The van der Waals surface area contributed by atoms with Crippen molar-refractivity contribution in [2.75, 3.05) is 26.2 Å². The molecule has 1 aromatic carbocycles. The van der Waals surface area contributed by atoms with Crippen molar-refractivity contribution < 1.29 is 32.2 Å². The molecule has 0 saturated carbocycles. The van der Waals surface area contributed by atoms with Gasteiger partial charge in [0.1, 0.15) is 23.7 Å². The third kappa shape index (κ3) is 9.12. The van der Waals surface area contributed by atoms with Crippen LogP contribution in [0.4, 0.5) is 18.0 Å². The molecule has 164 valence electrons. The first-order valence-electron chi connectivity index (χ1n) is 9.31. The van der Waals surface area contributed by atoms with E-state index >= 15 is 0 Å². The molecule has 1 saturated heterocycles. The number of hydrogen-bond donors (Lipinski definition) is 1. The SMILES string of the molecule is CC(C)(C)OC(=O)N[C@@H]1CCCN(CCOc2ccc(OC(F)(F)F)cc2Br)C1. The lowest BCUT2D eigenvalue weighted by molar-refractivity contribution is -0.274. The standard InChI is InChI=1S/C19H26BrF3N2O4/c1-18(2,3)29-17(26)24-13-5-4-8-25(12-13)9-10-27-16-7-6-14(11-15(16)20)28-19(21,22)23/h6-7,11,13H,4-5,8-10,12H2,1-3H3,(H,24,26)/t13-/m1/s1. The second-order valence-corrected chi connectivity index (χ2v) is 8.63. The Kier molecular flexibility index (Phi) is 8.04. The number of rotatable bonds is 6. The van der Waals surface area contributed by atoms with E-state index in [1.54, 1.807) is 0 Å². The zero-order chi connectivity index (χ0) is 21.7. The fourth-order valence-corrected chi connectivity index (χ4v) is 3.40. The first kappa shape index (κ1) is 23.6. The van der Waals surface area contributed by atoms with Gasteiger partial charge in [-0.05, 0) is 74.3 Å². The number of likely N-dealkylation sites (tertiary alicyclic amines) is 1. The molecule has 6 nitrogen and oxygen atoms in total. The normalized spacial score (nSPS) is 18.2. The van der Waals surface area contributed by atoms with Gasteiger partial charge in [-0.3, -0.25) is 4.90 Å². The molecule has 1 N–H and O–H groups in total. The van der Waals surface area contributed by atoms with Gasteiger partial charge in [0, 0.05) is 19.1 Å². The average molecular weight is 483 g/mol. The van der Waals surface area contributed by atoms with Crippen molar-refractivity contribution in [3.05, 3.63) is 22.7 Å².